The SMILES string of the molecule is NC(=O)N1CCCCC(OC(=O)c2cc(-c3cn[nH]c3)sc2NC(=O)Nc2cnccn2)C1. The molecule has 0 spiro atoms. The highest BCUT2D eigenvalue weighted by atomic mass is 32.1. The number of nitrogens with one attached hydrogen (secondary N) is 3. The molecule has 13 heteroatoms. The van der Waals surface area contributed by atoms with Crippen molar-refractivity contribution < 1.29 is 19.1 Å². The molecular weight excluding hydrogens is 448 g/mol. The summed E-state index contributed by atoms with van der Waals surface area (Å²) in [4.78, 5) is 47.3. The maximum absolute atomic E-state index is 13.1. The van der Waals surface area contributed by atoms with Crippen molar-refractivity contribution in [3.05, 3.63) is 42.6 Å². The van der Waals surface area contributed by atoms with Gasteiger partial charge in [-0.2, -0.15) is 5.10 Å². The van der Waals surface area contributed by atoms with Crippen LogP contribution in [0.4, 0.5) is 20.4 Å². The molecule has 0 saturated carbocycles. The number of carbonyl (C=O) groups is 3. The van der Waals surface area contributed by atoms with E-state index < -0.39 is 24.1 Å². The fraction of sp³-hybridized carbons (Fsp3) is 0.300. The standard InChI is InChI=1S/C20H22N8O4S/c21-19(30)28-6-2-1-3-13(11-28)32-18(29)14-7-15(12-8-24-25-9-12)33-17(14)27-20(31)26-16-10-22-4-5-23-16/h4-5,7-10,13H,1-3,6,11H2,(H2,21,30)(H,24,25)(H2,23,26,27,31). The number of carbonyl (C=O) groups excluding carboxylic acids is 3. The number of thiophene rings is 1. The van der Waals surface area contributed by atoms with Crippen LogP contribution in [-0.2, 0) is 4.74 Å². The van der Waals surface area contributed by atoms with E-state index in [1.54, 1.807) is 18.5 Å². The summed E-state index contributed by atoms with van der Waals surface area (Å²) in [5, 5.41) is 12.2. The molecule has 4 heterocycles. The molecule has 172 valence electrons. The maximum atomic E-state index is 13.1. The zero-order valence-electron chi connectivity index (χ0n) is 17.5. The van der Waals surface area contributed by atoms with Crippen LogP contribution in [0.15, 0.2) is 37.1 Å². The average Bonchev–Trinajstić information content (AvgIpc) is 3.40. The van der Waals surface area contributed by atoms with Crippen molar-refractivity contribution >= 4 is 40.2 Å². The summed E-state index contributed by atoms with van der Waals surface area (Å²) in [5.74, 6) is -0.345. The number of anilines is 2. The van der Waals surface area contributed by atoms with E-state index in [1.165, 1.54) is 34.8 Å². The minimum Gasteiger partial charge on any atom is -0.457 e. The summed E-state index contributed by atoms with van der Waals surface area (Å²) in [5.41, 5.74) is 6.37. The molecule has 0 radical (unpaired) electrons. The van der Waals surface area contributed by atoms with Gasteiger partial charge in [0.25, 0.3) is 0 Å². The van der Waals surface area contributed by atoms with Crippen LogP contribution in [-0.4, -0.2) is 62.3 Å². The van der Waals surface area contributed by atoms with Crippen LogP contribution in [0.5, 0.6) is 0 Å². The fourth-order valence-corrected chi connectivity index (χ4v) is 4.41. The van der Waals surface area contributed by atoms with Gasteiger partial charge >= 0.3 is 18.0 Å². The molecule has 1 fully saturated rings. The monoisotopic (exact) mass is 470 g/mol. The highest BCUT2D eigenvalue weighted by Crippen LogP contribution is 2.36. The largest absolute Gasteiger partial charge is 0.457 e. The lowest BCUT2D eigenvalue weighted by molar-refractivity contribution is 0.0242. The molecule has 1 unspecified atom stereocenters. The quantitative estimate of drug-likeness (QED) is 0.416. The first-order chi connectivity index (χ1) is 16.0. The Kier molecular flexibility index (Phi) is 6.78. The van der Waals surface area contributed by atoms with Crippen LogP contribution in [0.1, 0.15) is 29.6 Å². The second-order valence-corrected chi connectivity index (χ2v) is 8.37. The third kappa shape index (κ3) is 5.63. The molecular formula is C20H22N8O4S. The van der Waals surface area contributed by atoms with Crippen LogP contribution >= 0.6 is 11.3 Å². The number of hydrogen-bond donors (Lipinski definition) is 4. The summed E-state index contributed by atoms with van der Waals surface area (Å²) in [6.07, 6.45) is 9.34. The minimum atomic E-state index is -0.605. The molecule has 3 aromatic heterocycles. The molecule has 1 atom stereocenters. The van der Waals surface area contributed by atoms with E-state index in [4.69, 9.17) is 10.5 Å². The molecule has 1 aliphatic heterocycles. The van der Waals surface area contributed by atoms with Crippen LogP contribution in [0.3, 0.4) is 0 Å². The first-order valence-electron chi connectivity index (χ1n) is 10.2. The van der Waals surface area contributed by atoms with Gasteiger partial charge in [0.2, 0.25) is 0 Å². The predicted octanol–water partition coefficient (Wildman–Crippen LogP) is 2.66. The number of likely N-dealkylation sites (tertiary alicyclic amines) is 1. The average molecular weight is 471 g/mol. The number of H-pyrrole nitrogens is 1. The van der Waals surface area contributed by atoms with Crippen LogP contribution < -0.4 is 16.4 Å². The Balaban J connectivity index is 1.53. The number of rotatable bonds is 5. The predicted molar refractivity (Wildman–Crippen MR) is 121 cm³/mol. The fourth-order valence-electron chi connectivity index (χ4n) is 3.39. The lowest BCUT2D eigenvalue weighted by Gasteiger charge is -2.22. The van der Waals surface area contributed by atoms with E-state index in [0.29, 0.717) is 22.8 Å². The summed E-state index contributed by atoms with van der Waals surface area (Å²) >= 11 is 1.20. The zero-order chi connectivity index (χ0) is 23.2. The van der Waals surface area contributed by atoms with Gasteiger partial charge in [-0.3, -0.25) is 20.7 Å². The molecule has 1 aliphatic rings. The topological polar surface area (TPSA) is 168 Å². The third-order valence-corrected chi connectivity index (χ3v) is 6.08. The van der Waals surface area contributed by atoms with Gasteiger partial charge in [-0.25, -0.2) is 19.4 Å². The number of urea groups is 2. The van der Waals surface area contributed by atoms with E-state index in [2.05, 4.69) is 30.8 Å². The molecule has 0 aliphatic carbocycles. The highest BCUT2D eigenvalue weighted by molar-refractivity contribution is 7.20. The van der Waals surface area contributed by atoms with E-state index in [-0.39, 0.29) is 17.9 Å². The number of nitrogens with two attached hydrogens (primary N) is 1. The van der Waals surface area contributed by atoms with E-state index >= 15 is 0 Å². The summed E-state index contributed by atoms with van der Waals surface area (Å²) in [6, 6.07) is 0.511. The first-order valence-corrected chi connectivity index (χ1v) is 11.0. The summed E-state index contributed by atoms with van der Waals surface area (Å²) in [6.45, 7) is 0.761. The Hall–Kier alpha value is -4.00. The molecule has 4 rings (SSSR count). The Labute approximate surface area is 192 Å². The number of aromatic amines is 1. The Morgan fingerprint density at radius 2 is 2.09 bits per heavy atom. The molecule has 5 N–H and O–H groups in total. The molecule has 0 bridgehead atoms. The van der Waals surface area contributed by atoms with Gasteiger partial charge in [-0.1, -0.05) is 0 Å². The smallest absolute Gasteiger partial charge is 0.341 e. The third-order valence-electron chi connectivity index (χ3n) is 4.98. The second-order valence-electron chi connectivity index (χ2n) is 7.32. The number of nitrogens with zero attached hydrogens (tertiary/aromatic N) is 4. The van der Waals surface area contributed by atoms with Crippen molar-refractivity contribution in [3.63, 3.8) is 0 Å². The van der Waals surface area contributed by atoms with Crippen molar-refractivity contribution in [3.8, 4) is 10.4 Å². The molecule has 3 aromatic rings. The van der Waals surface area contributed by atoms with Gasteiger partial charge in [0.1, 0.15) is 11.1 Å². The highest BCUT2D eigenvalue weighted by Gasteiger charge is 2.27. The molecule has 4 amide bonds. The van der Waals surface area contributed by atoms with Gasteiger partial charge in [-0.05, 0) is 25.3 Å². The van der Waals surface area contributed by atoms with Crippen molar-refractivity contribution in [1.82, 2.24) is 25.1 Å². The van der Waals surface area contributed by atoms with E-state index in [0.717, 1.165) is 18.4 Å². The van der Waals surface area contributed by atoms with Gasteiger partial charge in [0, 0.05) is 35.6 Å². The Bertz CT molecular complexity index is 1120. The normalized spacial score (nSPS) is 16.0. The number of aromatic nitrogens is 4. The summed E-state index contributed by atoms with van der Waals surface area (Å²) < 4.78 is 5.71. The first kappa shape index (κ1) is 22.2. The van der Waals surface area contributed by atoms with Gasteiger partial charge < -0.3 is 15.4 Å². The zero-order valence-corrected chi connectivity index (χ0v) is 18.3. The number of hydrogen-bond acceptors (Lipinski definition) is 8. The van der Waals surface area contributed by atoms with Crippen LogP contribution in [0, 0.1) is 0 Å². The molecule has 33 heavy (non-hydrogen) atoms. The molecule has 1 saturated heterocycles. The van der Waals surface area contributed by atoms with Gasteiger partial charge in [0.05, 0.1) is 24.5 Å². The second kappa shape index (κ2) is 10.1. The maximum Gasteiger partial charge on any atom is 0.341 e. The number of amides is 4. The molecule has 0 aromatic carbocycles. The van der Waals surface area contributed by atoms with Crippen molar-refractivity contribution in [2.75, 3.05) is 23.7 Å². The van der Waals surface area contributed by atoms with Crippen molar-refractivity contribution in [2.45, 2.75) is 25.4 Å². The van der Waals surface area contributed by atoms with Crippen LogP contribution in [0.25, 0.3) is 10.4 Å². The van der Waals surface area contributed by atoms with Crippen molar-refractivity contribution in [1.29, 1.82) is 0 Å². The molecule has 12 nitrogen and oxygen atoms in total. The van der Waals surface area contributed by atoms with Crippen LogP contribution in [0.2, 0.25) is 0 Å². The minimum absolute atomic E-state index is 0.195. The number of ether oxygens (including phenoxy) is 1. The number of esters is 1. The van der Waals surface area contributed by atoms with Crippen molar-refractivity contribution in [2.24, 2.45) is 5.73 Å². The lowest BCUT2D eigenvalue weighted by Crippen LogP contribution is -2.41. The van der Waals surface area contributed by atoms with Gasteiger partial charge in [0.15, 0.2) is 5.82 Å². The Morgan fingerprint density at radius 3 is 2.82 bits per heavy atom. The van der Waals surface area contributed by atoms with Gasteiger partial charge in [-0.15, -0.1) is 11.3 Å². The lowest BCUT2D eigenvalue weighted by atomic mass is 10.2. The van der Waals surface area contributed by atoms with E-state index in [9.17, 15) is 14.4 Å². The number of primary amides is 1. The Morgan fingerprint density at radius 1 is 1.21 bits per heavy atom. The van der Waals surface area contributed by atoms with E-state index in [1.807, 2.05) is 0 Å². The summed E-state index contributed by atoms with van der Waals surface area (Å²) in [7, 11) is 0.